The highest BCUT2D eigenvalue weighted by Crippen LogP contribution is 2.33. The summed E-state index contributed by atoms with van der Waals surface area (Å²) in [4.78, 5) is 25.1. The average molecular weight is 351 g/mol. The number of likely N-dealkylation sites (tertiary alicyclic amines) is 1. The van der Waals surface area contributed by atoms with Gasteiger partial charge in [-0.2, -0.15) is 0 Å². The van der Waals surface area contributed by atoms with Crippen molar-refractivity contribution in [3.63, 3.8) is 0 Å². The highest BCUT2D eigenvalue weighted by atomic mass is 32.1. The van der Waals surface area contributed by atoms with Gasteiger partial charge in [-0.25, -0.2) is 4.79 Å². The minimum Gasteiger partial charge on any atom is -0.459 e. The molecule has 0 spiro atoms. The Balaban J connectivity index is 1.50. The van der Waals surface area contributed by atoms with E-state index in [1.54, 1.807) is 23.2 Å². The van der Waals surface area contributed by atoms with E-state index in [4.69, 9.17) is 4.74 Å². The summed E-state index contributed by atoms with van der Waals surface area (Å²) < 4.78 is 4.78. The fourth-order valence-electron chi connectivity index (χ4n) is 3.63. The molecule has 0 aromatic carbocycles. The van der Waals surface area contributed by atoms with Gasteiger partial charge in [0.05, 0.1) is 6.61 Å². The quantitative estimate of drug-likeness (QED) is 0.616. The summed E-state index contributed by atoms with van der Waals surface area (Å²) in [6.07, 6.45) is 8.09. The third-order valence-electron chi connectivity index (χ3n) is 5.00. The van der Waals surface area contributed by atoms with E-state index in [0.29, 0.717) is 19.0 Å². The maximum Gasteiger partial charge on any atom is 0.397 e. The number of amides is 1. The predicted molar refractivity (Wildman–Crippen MR) is 90.8 cm³/mol. The third-order valence-corrected chi connectivity index (χ3v) is 6.11. The van der Waals surface area contributed by atoms with Crippen molar-refractivity contribution in [3.8, 4) is 0 Å². The van der Waals surface area contributed by atoms with Crippen molar-refractivity contribution in [2.75, 3.05) is 19.7 Å². The Morgan fingerprint density at radius 2 is 1.88 bits per heavy atom. The molecule has 0 radical (unpaired) electrons. The highest BCUT2D eigenvalue weighted by molar-refractivity contribution is 7.11. The molecule has 132 valence electrons. The standard InChI is InChI=1S/C17H25N3O3S/c1-2-23-17(22)16(21)20-9-7-13(8-10-20)15-19-18-14(24-15)11-12-5-3-4-6-12/h12-13H,2-11H2,1H3. The number of rotatable bonds is 4. The summed E-state index contributed by atoms with van der Waals surface area (Å²) in [5.74, 6) is -0.124. The zero-order chi connectivity index (χ0) is 16.9. The smallest absolute Gasteiger partial charge is 0.397 e. The lowest BCUT2D eigenvalue weighted by atomic mass is 9.97. The SMILES string of the molecule is CCOC(=O)C(=O)N1CCC(c2nnc(CC3CCCC3)s2)CC1. The van der Waals surface area contributed by atoms with Crippen molar-refractivity contribution >= 4 is 23.2 Å². The molecular weight excluding hydrogens is 326 g/mol. The Morgan fingerprint density at radius 1 is 1.17 bits per heavy atom. The minimum absolute atomic E-state index is 0.232. The Labute approximate surface area is 146 Å². The normalized spacial score (nSPS) is 19.6. The van der Waals surface area contributed by atoms with Gasteiger partial charge in [-0.1, -0.05) is 25.7 Å². The Hall–Kier alpha value is -1.50. The van der Waals surface area contributed by atoms with Crippen LogP contribution in [0, 0.1) is 5.92 Å². The van der Waals surface area contributed by atoms with E-state index < -0.39 is 11.9 Å². The Bertz CT molecular complexity index is 575. The number of carbonyl (C=O) groups excluding carboxylic acids is 2. The second-order valence-electron chi connectivity index (χ2n) is 6.68. The zero-order valence-electron chi connectivity index (χ0n) is 14.2. The Kier molecular flexibility index (Phi) is 5.81. The molecular formula is C17H25N3O3S. The molecule has 1 aromatic rings. The first-order chi connectivity index (χ1) is 11.7. The molecule has 1 saturated carbocycles. The first-order valence-electron chi connectivity index (χ1n) is 8.95. The average Bonchev–Trinajstić information content (AvgIpc) is 3.27. The van der Waals surface area contributed by atoms with Gasteiger partial charge < -0.3 is 9.64 Å². The van der Waals surface area contributed by atoms with Crippen LogP contribution >= 0.6 is 11.3 Å². The van der Waals surface area contributed by atoms with E-state index in [1.807, 2.05) is 0 Å². The van der Waals surface area contributed by atoms with Crippen LogP contribution in [0.2, 0.25) is 0 Å². The molecule has 1 amide bonds. The lowest BCUT2D eigenvalue weighted by Crippen LogP contribution is -2.42. The molecule has 6 nitrogen and oxygen atoms in total. The summed E-state index contributed by atoms with van der Waals surface area (Å²) in [7, 11) is 0. The van der Waals surface area contributed by atoms with Crippen LogP contribution < -0.4 is 0 Å². The predicted octanol–water partition coefficient (Wildman–Crippen LogP) is 2.54. The monoisotopic (exact) mass is 351 g/mol. The highest BCUT2D eigenvalue weighted by Gasteiger charge is 2.30. The van der Waals surface area contributed by atoms with Gasteiger partial charge >= 0.3 is 11.9 Å². The first-order valence-corrected chi connectivity index (χ1v) is 9.77. The largest absolute Gasteiger partial charge is 0.459 e. The minimum atomic E-state index is -0.745. The fraction of sp³-hybridized carbons (Fsp3) is 0.765. The fourth-order valence-corrected chi connectivity index (χ4v) is 4.75. The number of ether oxygens (including phenoxy) is 1. The van der Waals surface area contributed by atoms with Crippen LogP contribution in [0.4, 0.5) is 0 Å². The van der Waals surface area contributed by atoms with Crippen LogP contribution in [0.15, 0.2) is 0 Å². The topological polar surface area (TPSA) is 72.4 Å². The molecule has 2 aliphatic rings. The van der Waals surface area contributed by atoms with Crippen LogP contribution in [0.1, 0.15) is 61.4 Å². The van der Waals surface area contributed by atoms with E-state index in [9.17, 15) is 9.59 Å². The van der Waals surface area contributed by atoms with Crippen molar-refractivity contribution < 1.29 is 14.3 Å². The molecule has 0 unspecified atom stereocenters. The van der Waals surface area contributed by atoms with Gasteiger partial charge in [-0.15, -0.1) is 21.5 Å². The van der Waals surface area contributed by atoms with Crippen LogP contribution in [0.3, 0.4) is 0 Å². The van der Waals surface area contributed by atoms with Gasteiger partial charge in [-0.3, -0.25) is 4.79 Å². The van der Waals surface area contributed by atoms with Gasteiger partial charge in [0, 0.05) is 25.4 Å². The molecule has 24 heavy (non-hydrogen) atoms. The van der Waals surface area contributed by atoms with Gasteiger partial charge in [0.1, 0.15) is 10.0 Å². The number of hydrogen-bond acceptors (Lipinski definition) is 6. The Morgan fingerprint density at radius 3 is 2.54 bits per heavy atom. The van der Waals surface area contributed by atoms with E-state index >= 15 is 0 Å². The van der Waals surface area contributed by atoms with E-state index in [2.05, 4.69) is 10.2 Å². The summed E-state index contributed by atoms with van der Waals surface area (Å²) >= 11 is 1.73. The molecule has 1 aliphatic carbocycles. The number of aromatic nitrogens is 2. The van der Waals surface area contributed by atoms with E-state index in [-0.39, 0.29) is 6.61 Å². The second-order valence-corrected chi connectivity index (χ2v) is 7.77. The number of hydrogen-bond donors (Lipinski definition) is 0. The van der Waals surface area contributed by atoms with Crippen LogP contribution in [-0.4, -0.2) is 46.7 Å². The van der Waals surface area contributed by atoms with Gasteiger partial charge in [0.2, 0.25) is 0 Å². The molecule has 2 fully saturated rings. The van der Waals surface area contributed by atoms with Gasteiger partial charge in [0.25, 0.3) is 0 Å². The van der Waals surface area contributed by atoms with Crippen molar-refractivity contribution in [1.82, 2.24) is 15.1 Å². The maximum absolute atomic E-state index is 12.0. The van der Waals surface area contributed by atoms with Crippen LogP contribution in [-0.2, 0) is 20.7 Å². The molecule has 0 N–H and O–H groups in total. The van der Waals surface area contributed by atoms with Crippen molar-refractivity contribution in [3.05, 3.63) is 10.0 Å². The number of carbonyl (C=O) groups is 2. The molecule has 7 heteroatoms. The number of esters is 1. The molecule has 1 saturated heterocycles. The first kappa shape index (κ1) is 17.3. The number of piperidine rings is 1. The molecule has 2 heterocycles. The molecule has 1 aromatic heterocycles. The van der Waals surface area contributed by atoms with Gasteiger partial charge in [-0.05, 0) is 25.7 Å². The molecule has 0 atom stereocenters. The summed E-state index contributed by atoms with van der Waals surface area (Å²) in [5.41, 5.74) is 0. The van der Waals surface area contributed by atoms with Crippen molar-refractivity contribution in [2.45, 2.75) is 57.8 Å². The molecule has 3 rings (SSSR count). The van der Waals surface area contributed by atoms with Crippen LogP contribution in [0.5, 0.6) is 0 Å². The number of nitrogens with zero attached hydrogens (tertiary/aromatic N) is 3. The summed E-state index contributed by atoms with van der Waals surface area (Å²) in [5, 5.41) is 11.0. The van der Waals surface area contributed by atoms with E-state index in [1.165, 1.54) is 25.7 Å². The summed E-state index contributed by atoms with van der Waals surface area (Å²) in [6, 6.07) is 0. The van der Waals surface area contributed by atoms with Crippen molar-refractivity contribution in [1.29, 1.82) is 0 Å². The molecule has 0 bridgehead atoms. The summed E-state index contributed by atoms with van der Waals surface area (Å²) in [6.45, 7) is 3.10. The lowest BCUT2D eigenvalue weighted by molar-refractivity contribution is -0.160. The second kappa shape index (κ2) is 8.05. The maximum atomic E-state index is 12.0. The van der Waals surface area contributed by atoms with Crippen molar-refractivity contribution in [2.24, 2.45) is 5.92 Å². The van der Waals surface area contributed by atoms with Crippen LogP contribution in [0.25, 0.3) is 0 Å². The van der Waals surface area contributed by atoms with Gasteiger partial charge in [0.15, 0.2) is 0 Å². The van der Waals surface area contributed by atoms with E-state index in [0.717, 1.165) is 35.2 Å². The third kappa shape index (κ3) is 4.12. The lowest BCUT2D eigenvalue weighted by Gasteiger charge is -2.30. The zero-order valence-corrected chi connectivity index (χ0v) is 15.0. The molecule has 1 aliphatic heterocycles.